The summed E-state index contributed by atoms with van der Waals surface area (Å²) in [6.45, 7) is 3.80. The van der Waals surface area contributed by atoms with Crippen LogP contribution in [0.15, 0.2) is 46.8 Å². The fraction of sp³-hybridized carbons (Fsp3) is 0.235. The summed E-state index contributed by atoms with van der Waals surface area (Å²) in [5.74, 6) is -0.0904. The summed E-state index contributed by atoms with van der Waals surface area (Å²) < 4.78 is 11.2. The van der Waals surface area contributed by atoms with Crippen molar-refractivity contribution in [1.82, 2.24) is 9.97 Å². The summed E-state index contributed by atoms with van der Waals surface area (Å²) in [7, 11) is 0. The highest BCUT2D eigenvalue weighted by molar-refractivity contribution is 5.56. The first-order valence-electron chi connectivity index (χ1n) is 7.43. The smallest absolute Gasteiger partial charge is 0.258 e. The third-order valence-corrected chi connectivity index (χ3v) is 3.62. The summed E-state index contributed by atoms with van der Waals surface area (Å²) in [5, 5.41) is 9.54. The molecule has 122 valence electrons. The number of rotatable bonds is 3. The zero-order valence-corrected chi connectivity index (χ0v) is 13.2. The van der Waals surface area contributed by atoms with E-state index in [1.165, 1.54) is 6.33 Å². The second-order valence-electron chi connectivity index (χ2n) is 5.58. The van der Waals surface area contributed by atoms with Gasteiger partial charge < -0.3 is 20.2 Å². The molecule has 0 amide bonds. The number of hydrogen-bond acceptors (Lipinski definition) is 6. The zero-order chi connectivity index (χ0) is 17.3. The van der Waals surface area contributed by atoms with Crippen LogP contribution in [0, 0.1) is 11.3 Å². The van der Waals surface area contributed by atoms with Gasteiger partial charge in [-0.15, -0.1) is 0 Å². The molecule has 2 aromatic rings. The lowest BCUT2D eigenvalue weighted by Gasteiger charge is -2.26. The van der Waals surface area contributed by atoms with Crippen molar-refractivity contribution >= 4 is 0 Å². The van der Waals surface area contributed by atoms with Gasteiger partial charge in [-0.2, -0.15) is 5.26 Å². The van der Waals surface area contributed by atoms with E-state index in [9.17, 15) is 10.1 Å². The molecule has 0 spiro atoms. The van der Waals surface area contributed by atoms with Crippen molar-refractivity contribution in [2.24, 2.45) is 5.73 Å². The van der Waals surface area contributed by atoms with Crippen molar-refractivity contribution in [2.45, 2.75) is 25.9 Å². The summed E-state index contributed by atoms with van der Waals surface area (Å²) >= 11 is 0. The number of nitrogens with one attached hydrogen (secondary N) is 1. The quantitative estimate of drug-likeness (QED) is 0.889. The van der Waals surface area contributed by atoms with Gasteiger partial charge in [-0.1, -0.05) is 18.2 Å². The number of H-pyrrole nitrogens is 1. The van der Waals surface area contributed by atoms with E-state index in [1.807, 2.05) is 32.0 Å². The molecule has 24 heavy (non-hydrogen) atoms. The van der Waals surface area contributed by atoms with E-state index >= 15 is 0 Å². The number of nitrogens with two attached hydrogens (primary N) is 1. The normalized spacial score (nSPS) is 16.3. The van der Waals surface area contributed by atoms with E-state index in [-0.39, 0.29) is 34.6 Å². The van der Waals surface area contributed by atoms with Gasteiger partial charge in [0.1, 0.15) is 17.4 Å². The molecule has 2 heterocycles. The second kappa shape index (κ2) is 6.08. The largest absolute Gasteiger partial charge is 0.491 e. The van der Waals surface area contributed by atoms with E-state index in [2.05, 4.69) is 9.97 Å². The number of fused-ring (bicyclic) bond motifs is 1. The molecule has 1 aliphatic rings. The highest BCUT2D eigenvalue weighted by Crippen LogP contribution is 2.42. The minimum Gasteiger partial charge on any atom is -0.491 e. The number of ether oxygens (including phenoxy) is 2. The Morgan fingerprint density at radius 2 is 2.17 bits per heavy atom. The Morgan fingerprint density at radius 1 is 1.42 bits per heavy atom. The maximum Gasteiger partial charge on any atom is 0.258 e. The van der Waals surface area contributed by atoms with Crippen LogP contribution in [0.2, 0.25) is 0 Å². The molecular weight excluding hydrogens is 308 g/mol. The molecule has 3 N–H and O–H groups in total. The molecule has 1 aromatic heterocycles. The van der Waals surface area contributed by atoms with Crippen LogP contribution in [0.5, 0.6) is 11.6 Å². The number of aromatic amines is 1. The van der Waals surface area contributed by atoms with Gasteiger partial charge in [0.2, 0.25) is 11.8 Å². The number of benzene rings is 1. The molecule has 0 saturated heterocycles. The van der Waals surface area contributed by atoms with Crippen LogP contribution >= 0.6 is 0 Å². The lowest BCUT2D eigenvalue weighted by atomic mass is 9.84. The SMILES string of the molecule is CC(C)Oc1ccccc1C1C(C#N)=C(N)Oc2nc[nH]c(=O)c21. The molecule has 7 nitrogen and oxygen atoms in total. The van der Waals surface area contributed by atoms with Gasteiger partial charge in [-0.25, -0.2) is 4.98 Å². The van der Waals surface area contributed by atoms with E-state index in [0.29, 0.717) is 11.3 Å². The lowest BCUT2D eigenvalue weighted by Crippen LogP contribution is -2.28. The first kappa shape index (κ1) is 15.6. The molecule has 1 unspecified atom stereocenters. The third kappa shape index (κ3) is 2.58. The maximum absolute atomic E-state index is 12.4. The summed E-state index contributed by atoms with van der Waals surface area (Å²) in [6.07, 6.45) is 1.17. The summed E-state index contributed by atoms with van der Waals surface area (Å²) in [5.41, 5.74) is 6.54. The molecule has 1 aliphatic heterocycles. The average Bonchev–Trinajstić information content (AvgIpc) is 2.54. The Kier molecular flexibility index (Phi) is 3.96. The van der Waals surface area contributed by atoms with Crippen molar-refractivity contribution in [3.63, 3.8) is 0 Å². The van der Waals surface area contributed by atoms with E-state index in [0.717, 1.165) is 0 Å². The minimum absolute atomic E-state index is 0.0625. The predicted octanol–water partition coefficient (Wildman–Crippen LogP) is 1.78. The van der Waals surface area contributed by atoms with Crippen molar-refractivity contribution < 1.29 is 9.47 Å². The standard InChI is InChI=1S/C17H16N4O3/c1-9(2)23-12-6-4-3-5-10(12)13-11(7-18)15(19)24-17-14(13)16(22)20-8-21-17/h3-6,8-9,13H,19H2,1-2H3,(H,20,21,22). The van der Waals surface area contributed by atoms with Gasteiger partial charge in [0, 0.05) is 5.56 Å². The first-order valence-corrected chi connectivity index (χ1v) is 7.43. The number of aromatic nitrogens is 2. The zero-order valence-electron chi connectivity index (χ0n) is 13.2. The van der Waals surface area contributed by atoms with E-state index < -0.39 is 5.92 Å². The number of allylic oxidation sites excluding steroid dienone is 1. The Hall–Kier alpha value is -3.27. The molecule has 0 bridgehead atoms. The molecule has 7 heteroatoms. The van der Waals surface area contributed by atoms with E-state index in [4.69, 9.17) is 15.2 Å². The van der Waals surface area contributed by atoms with Gasteiger partial charge in [-0.3, -0.25) is 4.79 Å². The fourth-order valence-corrected chi connectivity index (χ4v) is 2.69. The van der Waals surface area contributed by atoms with Crippen LogP contribution < -0.4 is 20.8 Å². The Bertz CT molecular complexity index is 909. The van der Waals surface area contributed by atoms with Crippen LogP contribution in [0.25, 0.3) is 0 Å². The van der Waals surface area contributed by atoms with Crippen LogP contribution in [0.4, 0.5) is 0 Å². The van der Waals surface area contributed by atoms with Crippen LogP contribution in [-0.2, 0) is 0 Å². The highest BCUT2D eigenvalue weighted by Gasteiger charge is 2.35. The summed E-state index contributed by atoms with van der Waals surface area (Å²) in [6, 6.07) is 9.28. The van der Waals surface area contributed by atoms with Gasteiger partial charge in [0.15, 0.2) is 0 Å². The lowest BCUT2D eigenvalue weighted by molar-refractivity contribution is 0.239. The van der Waals surface area contributed by atoms with Crippen molar-refractivity contribution in [2.75, 3.05) is 0 Å². The van der Waals surface area contributed by atoms with Crippen LogP contribution in [0.3, 0.4) is 0 Å². The fourth-order valence-electron chi connectivity index (χ4n) is 2.69. The van der Waals surface area contributed by atoms with Crippen molar-refractivity contribution in [3.8, 4) is 17.7 Å². The van der Waals surface area contributed by atoms with Crippen LogP contribution in [0.1, 0.15) is 30.9 Å². The molecule has 1 atom stereocenters. The predicted molar refractivity (Wildman–Crippen MR) is 86.4 cm³/mol. The third-order valence-electron chi connectivity index (χ3n) is 3.62. The topological polar surface area (TPSA) is 114 Å². The number of nitriles is 1. The minimum atomic E-state index is -0.703. The summed E-state index contributed by atoms with van der Waals surface area (Å²) in [4.78, 5) is 18.9. The monoisotopic (exact) mass is 324 g/mol. The second-order valence-corrected chi connectivity index (χ2v) is 5.58. The number of para-hydroxylation sites is 1. The van der Waals surface area contributed by atoms with Crippen LogP contribution in [-0.4, -0.2) is 16.1 Å². The average molecular weight is 324 g/mol. The molecule has 0 radical (unpaired) electrons. The van der Waals surface area contributed by atoms with Crippen molar-refractivity contribution in [3.05, 3.63) is 63.5 Å². The van der Waals surface area contributed by atoms with Gasteiger partial charge in [0.05, 0.1) is 23.9 Å². The Balaban J connectivity index is 2.27. The Morgan fingerprint density at radius 3 is 2.88 bits per heavy atom. The van der Waals surface area contributed by atoms with E-state index in [1.54, 1.807) is 12.1 Å². The molecule has 1 aromatic carbocycles. The molecule has 0 aliphatic carbocycles. The highest BCUT2D eigenvalue weighted by atomic mass is 16.5. The number of hydrogen-bond donors (Lipinski definition) is 2. The van der Waals surface area contributed by atoms with Crippen molar-refractivity contribution in [1.29, 1.82) is 5.26 Å². The van der Waals surface area contributed by atoms with Gasteiger partial charge in [-0.05, 0) is 19.9 Å². The molecule has 0 saturated carbocycles. The first-order chi connectivity index (χ1) is 11.5. The molecule has 0 fully saturated rings. The van der Waals surface area contributed by atoms with Gasteiger partial charge >= 0.3 is 0 Å². The van der Waals surface area contributed by atoms with Gasteiger partial charge in [0.25, 0.3) is 5.56 Å². The number of nitrogens with zero attached hydrogens (tertiary/aromatic N) is 2. The molecule has 3 rings (SSSR count). The molecular formula is C17H16N4O3. The Labute approximate surface area is 138 Å². The maximum atomic E-state index is 12.4.